The second-order valence-corrected chi connectivity index (χ2v) is 6.61. The lowest BCUT2D eigenvalue weighted by molar-refractivity contribution is 0.102. The molecule has 0 atom stereocenters. The normalized spacial score (nSPS) is 10.3. The highest BCUT2D eigenvalue weighted by molar-refractivity contribution is 14.1. The molecule has 19 heavy (non-hydrogen) atoms. The van der Waals surface area contributed by atoms with E-state index in [-0.39, 0.29) is 11.6 Å². The third-order valence-electron chi connectivity index (χ3n) is 2.37. The molecule has 0 heterocycles. The summed E-state index contributed by atoms with van der Waals surface area (Å²) in [6.07, 6.45) is 0. The average Bonchev–Trinajstić information content (AvgIpc) is 2.37. The number of carbonyl (C=O) groups is 1. The van der Waals surface area contributed by atoms with Crippen LogP contribution in [0.25, 0.3) is 0 Å². The molecule has 0 aliphatic rings. The summed E-state index contributed by atoms with van der Waals surface area (Å²) in [6, 6.07) is 9.90. The largest absolute Gasteiger partial charge is 0.318 e. The number of amides is 1. The van der Waals surface area contributed by atoms with Gasteiger partial charge in [-0.1, -0.05) is 22.0 Å². The van der Waals surface area contributed by atoms with Crippen molar-refractivity contribution < 1.29 is 9.18 Å². The van der Waals surface area contributed by atoms with E-state index in [1.807, 2.05) is 12.1 Å². The van der Waals surface area contributed by atoms with E-state index in [4.69, 9.17) is 0 Å². The molecular formula is C13H7Br2FINO. The van der Waals surface area contributed by atoms with Gasteiger partial charge in [0.1, 0.15) is 5.82 Å². The van der Waals surface area contributed by atoms with E-state index in [2.05, 4.69) is 59.8 Å². The Kier molecular flexibility index (Phi) is 4.97. The molecule has 0 radical (unpaired) electrons. The van der Waals surface area contributed by atoms with Crippen molar-refractivity contribution in [1.29, 1.82) is 0 Å². The quantitative estimate of drug-likeness (QED) is 0.566. The van der Waals surface area contributed by atoms with Gasteiger partial charge in [-0.3, -0.25) is 4.79 Å². The number of benzene rings is 2. The summed E-state index contributed by atoms with van der Waals surface area (Å²) in [6.45, 7) is 0. The van der Waals surface area contributed by atoms with Gasteiger partial charge < -0.3 is 5.32 Å². The maximum Gasteiger partial charge on any atom is 0.256 e. The fraction of sp³-hybridized carbons (Fsp3) is 0. The molecule has 2 aromatic rings. The molecule has 6 heteroatoms. The predicted molar refractivity (Wildman–Crippen MR) is 88.9 cm³/mol. The second kappa shape index (κ2) is 6.32. The molecule has 0 unspecified atom stereocenters. The van der Waals surface area contributed by atoms with Gasteiger partial charge in [0.25, 0.3) is 5.91 Å². The van der Waals surface area contributed by atoms with Crippen LogP contribution < -0.4 is 5.32 Å². The number of anilines is 1. The number of para-hydroxylation sites is 1. The molecule has 0 aromatic heterocycles. The molecule has 0 aliphatic carbocycles. The van der Waals surface area contributed by atoms with Gasteiger partial charge in [0.15, 0.2) is 0 Å². The van der Waals surface area contributed by atoms with E-state index in [0.29, 0.717) is 10.0 Å². The van der Waals surface area contributed by atoms with Gasteiger partial charge in [-0.05, 0) is 68.9 Å². The van der Waals surface area contributed by atoms with Gasteiger partial charge in [-0.15, -0.1) is 0 Å². The van der Waals surface area contributed by atoms with E-state index >= 15 is 0 Å². The van der Waals surface area contributed by atoms with Crippen LogP contribution in [0.1, 0.15) is 10.4 Å². The van der Waals surface area contributed by atoms with Crippen molar-refractivity contribution in [3.8, 4) is 0 Å². The Hall–Kier alpha value is -0.470. The lowest BCUT2D eigenvalue weighted by atomic mass is 10.2. The zero-order chi connectivity index (χ0) is 14.0. The first-order chi connectivity index (χ1) is 8.99. The van der Waals surface area contributed by atoms with Crippen molar-refractivity contribution in [2.75, 3.05) is 5.32 Å². The van der Waals surface area contributed by atoms with E-state index < -0.39 is 5.82 Å². The monoisotopic (exact) mass is 497 g/mol. The number of halogens is 4. The molecule has 0 aliphatic heterocycles. The van der Waals surface area contributed by atoms with Crippen molar-refractivity contribution in [2.24, 2.45) is 0 Å². The summed E-state index contributed by atoms with van der Waals surface area (Å²) < 4.78 is 15.7. The standard InChI is InChI=1S/C13H7Br2FINO/c14-7-4-5-11(17)8(6-7)13(19)18-12-9(15)2-1-3-10(12)16/h1-6H,(H,18,19). The molecule has 98 valence electrons. The Balaban J connectivity index is 2.34. The molecule has 2 rings (SSSR count). The maximum atomic E-state index is 13.7. The molecule has 0 fully saturated rings. The second-order valence-electron chi connectivity index (χ2n) is 3.67. The topological polar surface area (TPSA) is 29.1 Å². The van der Waals surface area contributed by atoms with Crippen LogP contribution >= 0.6 is 54.5 Å². The van der Waals surface area contributed by atoms with Gasteiger partial charge >= 0.3 is 0 Å². The van der Waals surface area contributed by atoms with Gasteiger partial charge in [0, 0.05) is 12.5 Å². The van der Waals surface area contributed by atoms with Crippen molar-refractivity contribution in [3.05, 3.63) is 60.3 Å². The summed E-state index contributed by atoms with van der Waals surface area (Å²) in [5.74, 6) is -0.829. The lowest BCUT2D eigenvalue weighted by Gasteiger charge is -2.10. The summed E-state index contributed by atoms with van der Waals surface area (Å²) in [5.41, 5.74) is 0.633. The number of hydrogen-bond acceptors (Lipinski definition) is 1. The molecule has 2 aromatic carbocycles. The first-order valence-electron chi connectivity index (χ1n) is 5.19. The Morgan fingerprint density at radius 1 is 1.21 bits per heavy atom. The highest BCUT2D eigenvalue weighted by Crippen LogP contribution is 2.26. The molecule has 1 N–H and O–H groups in total. The maximum absolute atomic E-state index is 13.7. The molecule has 2 nitrogen and oxygen atoms in total. The Morgan fingerprint density at radius 3 is 2.63 bits per heavy atom. The number of rotatable bonds is 2. The Labute approximate surface area is 140 Å². The number of carbonyl (C=O) groups excluding carboxylic acids is 1. The Bertz CT molecular complexity index is 628. The first kappa shape index (κ1) is 14.9. The van der Waals surface area contributed by atoms with Crippen molar-refractivity contribution >= 4 is 66.0 Å². The SMILES string of the molecule is O=C(Nc1c(F)cccc1Br)c1cc(Br)ccc1I. The number of hydrogen-bond donors (Lipinski definition) is 1. The molecule has 0 bridgehead atoms. The van der Waals surface area contributed by atoms with Gasteiger partial charge in [0.2, 0.25) is 0 Å². The summed E-state index contributed by atoms with van der Waals surface area (Å²) in [4.78, 5) is 12.2. The fourth-order valence-corrected chi connectivity index (χ4v) is 2.85. The molecule has 0 saturated heterocycles. The molecule has 0 spiro atoms. The summed E-state index contributed by atoms with van der Waals surface area (Å²) >= 11 is 8.59. The fourth-order valence-electron chi connectivity index (χ4n) is 1.47. The third-order valence-corrected chi connectivity index (χ3v) is 4.47. The minimum atomic E-state index is -0.479. The summed E-state index contributed by atoms with van der Waals surface area (Å²) in [5, 5.41) is 2.58. The third kappa shape index (κ3) is 3.55. The molecule has 1 amide bonds. The van der Waals surface area contributed by atoms with Crippen LogP contribution in [0.5, 0.6) is 0 Å². The van der Waals surface area contributed by atoms with E-state index in [0.717, 1.165) is 8.04 Å². The van der Waals surface area contributed by atoms with Crippen LogP contribution in [0.3, 0.4) is 0 Å². The minimum absolute atomic E-state index is 0.142. The van der Waals surface area contributed by atoms with E-state index in [1.165, 1.54) is 6.07 Å². The zero-order valence-electron chi connectivity index (χ0n) is 9.38. The highest BCUT2D eigenvalue weighted by Gasteiger charge is 2.14. The van der Waals surface area contributed by atoms with E-state index in [1.54, 1.807) is 18.2 Å². The lowest BCUT2D eigenvalue weighted by Crippen LogP contribution is -2.15. The van der Waals surface area contributed by atoms with E-state index in [9.17, 15) is 9.18 Å². The zero-order valence-corrected chi connectivity index (χ0v) is 14.7. The minimum Gasteiger partial charge on any atom is -0.318 e. The van der Waals surface area contributed by atoms with Gasteiger partial charge in [0.05, 0.1) is 11.3 Å². The first-order valence-corrected chi connectivity index (χ1v) is 7.86. The van der Waals surface area contributed by atoms with Crippen molar-refractivity contribution in [2.45, 2.75) is 0 Å². The van der Waals surface area contributed by atoms with Crippen molar-refractivity contribution in [3.63, 3.8) is 0 Å². The van der Waals surface area contributed by atoms with Crippen LogP contribution in [0, 0.1) is 9.39 Å². The van der Waals surface area contributed by atoms with Crippen LogP contribution in [0.2, 0.25) is 0 Å². The van der Waals surface area contributed by atoms with Gasteiger partial charge in [-0.2, -0.15) is 0 Å². The van der Waals surface area contributed by atoms with Crippen LogP contribution in [0.15, 0.2) is 45.3 Å². The highest BCUT2D eigenvalue weighted by atomic mass is 127. The molecular weight excluding hydrogens is 492 g/mol. The van der Waals surface area contributed by atoms with Crippen molar-refractivity contribution in [1.82, 2.24) is 0 Å². The smallest absolute Gasteiger partial charge is 0.256 e. The molecule has 0 saturated carbocycles. The van der Waals surface area contributed by atoms with Crippen LogP contribution in [-0.4, -0.2) is 5.91 Å². The van der Waals surface area contributed by atoms with Crippen LogP contribution in [0.4, 0.5) is 10.1 Å². The average molecular weight is 499 g/mol. The van der Waals surface area contributed by atoms with Gasteiger partial charge in [-0.25, -0.2) is 4.39 Å². The Morgan fingerprint density at radius 2 is 1.95 bits per heavy atom. The summed E-state index contributed by atoms with van der Waals surface area (Å²) in [7, 11) is 0. The van der Waals surface area contributed by atoms with Crippen LogP contribution in [-0.2, 0) is 0 Å². The predicted octanol–water partition coefficient (Wildman–Crippen LogP) is 5.21. The number of nitrogens with one attached hydrogen (secondary N) is 1.